The minimum Gasteiger partial charge on any atom is -0.496 e. The molecule has 302 valence electrons. The van der Waals surface area contributed by atoms with E-state index in [0.29, 0.717) is 17.1 Å². The number of aromatic nitrogens is 2. The lowest BCUT2D eigenvalue weighted by Crippen LogP contribution is -2.39. The molecule has 0 spiro atoms. The Morgan fingerprint density at radius 3 is 2.45 bits per heavy atom. The summed E-state index contributed by atoms with van der Waals surface area (Å²) < 4.78 is 14.1. The van der Waals surface area contributed by atoms with E-state index in [2.05, 4.69) is 49.9 Å². The minimum absolute atomic E-state index is 0.0492. The molecule has 0 bridgehead atoms. The Morgan fingerprint density at radius 1 is 1.09 bits per heavy atom. The Hall–Kier alpha value is -3.44. The number of aryl methyl sites for hydroxylation is 1. The Kier molecular flexibility index (Phi) is 17.1. The normalized spacial score (nSPS) is 19.4. The summed E-state index contributed by atoms with van der Waals surface area (Å²) in [5.74, 6) is 4.22. The second-order valence-corrected chi connectivity index (χ2v) is 18.0. The Balaban J connectivity index is 0.000000200. The van der Waals surface area contributed by atoms with Gasteiger partial charge in [-0.05, 0) is 114 Å². The number of allylic oxidation sites excluding steroid dienone is 2. The fourth-order valence-electron chi connectivity index (χ4n) is 6.85. The Labute approximate surface area is 338 Å². The number of ether oxygens (including phenoxy) is 2. The second kappa shape index (κ2) is 21.2. The molecule has 3 aliphatic rings. The van der Waals surface area contributed by atoms with Crippen LogP contribution in [0.5, 0.6) is 11.5 Å². The molecule has 1 saturated heterocycles. The van der Waals surface area contributed by atoms with Crippen LogP contribution in [0, 0.1) is 18.8 Å². The van der Waals surface area contributed by atoms with Crippen LogP contribution in [0.4, 0.5) is 0 Å². The fourth-order valence-corrected chi connectivity index (χ4v) is 8.49. The molecular formula is C44H64N4O5S2. The highest BCUT2D eigenvalue weighted by Crippen LogP contribution is 2.46. The number of amides is 2. The highest BCUT2D eigenvalue weighted by Gasteiger charge is 2.38. The molecule has 2 aliphatic carbocycles. The third-order valence-corrected chi connectivity index (χ3v) is 12.8. The molecule has 3 aromatic rings. The van der Waals surface area contributed by atoms with Gasteiger partial charge in [-0.1, -0.05) is 52.2 Å². The van der Waals surface area contributed by atoms with Crippen molar-refractivity contribution in [2.45, 2.75) is 142 Å². The first-order chi connectivity index (χ1) is 26.3. The summed E-state index contributed by atoms with van der Waals surface area (Å²) in [5.41, 5.74) is 3.82. The van der Waals surface area contributed by atoms with Crippen LogP contribution in [0.1, 0.15) is 136 Å². The zero-order valence-corrected chi connectivity index (χ0v) is 36.3. The van der Waals surface area contributed by atoms with E-state index in [1.54, 1.807) is 51.4 Å². The van der Waals surface area contributed by atoms with Crippen LogP contribution in [-0.4, -0.2) is 64.0 Å². The van der Waals surface area contributed by atoms with Crippen molar-refractivity contribution >= 4 is 51.8 Å². The van der Waals surface area contributed by atoms with Crippen molar-refractivity contribution < 1.29 is 23.9 Å². The van der Waals surface area contributed by atoms with Gasteiger partial charge in [0.1, 0.15) is 22.2 Å². The highest BCUT2D eigenvalue weighted by atomic mass is 32.2. The number of fused-ring (bicyclic) bond motifs is 1. The number of likely N-dealkylation sites (tertiary alicyclic amines) is 1. The molecule has 3 atom stereocenters. The molecule has 1 N–H and O–H groups in total. The molecule has 3 fully saturated rings. The molecule has 2 saturated carbocycles. The van der Waals surface area contributed by atoms with Crippen molar-refractivity contribution in [3.8, 4) is 22.2 Å². The summed E-state index contributed by atoms with van der Waals surface area (Å²) in [6.45, 7) is 14.6. The summed E-state index contributed by atoms with van der Waals surface area (Å²) >= 11 is 3.17. The fraction of sp³-hybridized carbons (Fsp3) is 0.614. The SMILES string of the molecule is CC(=O)NSC1(C)CC1.CCCC1C[C@H]1/C=C\CCCCCC(=O)N1CCC[C@H]1C(C)=O.COc1ccc2c(OC)cc(-c3nc(C(C)C)cs3)nc2c1C. The van der Waals surface area contributed by atoms with Gasteiger partial charge in [0.25, 0.3) is 0 Å². The first-order valence-corrected chi connectivity index (χ1v) is 21.9. The van der Waals surface area contributed by atoms with Gasteiger partial charge in [-0.25, -0.2) is 9.97 Å². The van der Waals surface area contributed by atoms with Crippen LogP contribution in [-0.2, 0) is 14.4 Å². The van der Waals surface area contributed by atoms with Crippen LogP contribution < -0.4 is 14.2 Å². The van der Waals surface area contributed by atoms with Crippen molar-refractivity contribution in [1.82, 2.24) is 19.6 Å². The number of nitrogens with zero attached hydrogens (tertiary/aromatic N) is 3. The summed E-state index contributed by atoms with van der Waals surface area (Å²) in [4.78, 5) is 45.5. The van der Waals surface area contributed by atoms with E-state index in [1.165, 1.54) is 38.5 Å². The quantitative estimate of drug-likeness (QED) is 0.0867. The van der Waals surface area contributed by atoms with Crippen LogP contribution in [0.2, 0.25) is 0 Å². The molecule has 2 amide bonds. The number of ketones is 1. The molecule has 1 aliphatic heterocycles. The maximum absolute atomic E-state index is 12.2. The van der Waals surface area contributed by atoms with E-state index in [9.17, 15) is 14.4 Å². The molecule has 55 heavy (non-hydrogen) atoms. The van der Waals surface area contributed by atoms with Gasteiger partial charge < -0.3 is 14.4 Å². The van der Waals surface area contributed by atoms with Crippen LogP contribution >= 0.6 is 23.3 Å². The molecule has 11 heteroatoms. The van der Waals surface area contributed by atoms with E-state index in [4.69, 9.17) is 19.4 Å². The standard InChI is InChI=1S/C20H33NO2.C18H20N2O2S.C6H11NOS/c1-3-10-17-15-18(17)11-7-5-4-6-8-13-20(23)21-14-9-12-19(21)16(2)22;1-10(2)14-9-23-18(20-14)13-8-16(22-5)12-6-7-15(21-4)11(3)17(12)19-13;1-5(8)7-9-6(2)3-4-6/h7,11,17-19H,3-6,8-10,12-15H2,1-2H3;6-10H,1-5H3;3-4H2,1-2H3,(H,7,8)/b11-7-;;/t17?,18-,19+;;/m1../s1. The lowest BCUT2D eigenvalue weighted by Gasteiger charge is -2.22. The van der Waals surface area contributed by atoms with Gasteiger partial charge in [-0.15, -0.1) is 11.3 Å². The van der Waals surface area contributed by atoms with E-state index >= 15 is 0 Å². The topological polar surface area (TPSA) is 111 Å². The predicted octanol–water partition coefficient (Wildman–Crippen LogP) is 10.6. The van der Waals surface area contributed by atoms with E-state index in [0.717, 1.165) is 94.8 Å². The lowest BCUT2D eigenvalue weighted by molar-refractivity contribution is -0.137. The first kappa shape index (κ1) is 44.3. The minimum atomic E-state index is -0.139. The van der Waals surface area contributed by atoms with Crippen molar-refractivity contribution in [3.63, 3.8) is 0 Å². The molecule has 6 rings (SSSR count). The third-order valence-electron chi connectivity index (χ3n) is 10.6. The van der Waals surface area contributed by atoms with E-state index in [1.807, 2.05) is 30.0 Å². The average molecular weight is 793 g/mol. The number of carbonyl (C=O) groups is 3. The number of hydrogen-bond acceptors (Lipinski definition) is 9. The van der Waals surface area contributed by atoms with Gasteiger partial charge in [0.15, 0.2) is 5.78 Å². The van der Waals surface area contributed by atoms with Crippen LogP contribution in [0.15, 0.2) is 35.7 Å². The molecule has 2 aromatic heterocycles. The van der Waals surface area contributed by atoms with Crippen molar-refractivity contribution in [1.29, 1.82) is 0 Å². The van der Waals surface area contributed by atoms with Crippen LogP contribution in [0.25, 0.3) is 21.6 Å². The van der Waals surface area contributed by atoms with Gasteiger partial charge in [0.05, 0.1) is 31.5 Å². The predicted molar refractivity (Wildman–Crippen MR) is 228 cm³/mol. The molecule has 3 heterocycles. The summed E-state index contributed by atoms with van der Waals surface area (Å²) in [5, 5.41) is 3.99. The lowest BCUT2D eigenvalue weighted by atomic mass is 10.1. The van der Waals surface area contributed by atoms with Crippen molar-refractivity contribution in [2.75, 3.05) is 20.8 Å². The van der Waals surface area contributed by atoms with Gasteiger partial charge in [0, 0.05) is 47.0 Å². The summed E-state index contributed by atoms with van der Waals surface area (Å²) in [6, 6.07) is 5.75. The van der Waals surface area contributed by atoms with Crippen molar-refractivity contribution in [2.24, 2.45) is 11.8 Å². The first-order valence-electron chi connectivity index (χ1n) is 20.2. The number of Topliss-reactive ketones (excluding diaryl/α,β-unsaturated/α-hetero) is 1. The number of rotatable bonds is 16. The molecule has 0 radical (unpaired) electrons. The van der Waals surface area contributed by atoms with Gasteiger partial charge >= 0.3 is 0 Å². The van der Waals surface area contributed by atoms with Gasteiger partial charge in [0.2, 0.25) is 11.8 Å². The number of pyridine rings is 1. The number of carbonyl (C=O) groups excluding carboxylic acids is 3. The zero-order valence-electron chi connectivity index (χ0n) is 34.7. The van der Waals surface area contributed by atoms with Gasteiger partial charge in [-0.2, -0.15) is 0 Å². The summed E-state index contributed by atoms with van der Waals surface area (Å²) in [7, 11) is 3.35. The molecular weight excluding hydrogens is 729 g/mol. The molecule has 1 unspecified atom stereocenters. The average Bonchev–Trinajstić information content (AvgIpc) is 3.91. The second-order valence-electron chi connectivity index (χ2n) is 15.8. The van der Waals surface area contributed by atoms with Crippen molar-refractivity contribution in [3.05, 3.63) is 47.0 Å². The number of hydrogen-bond donors (Lipinski definition) is 1. The highest BCUT2D eigenvalue weighted by molar-refractivity contribution is 7.99. The number of nitrogens with one attached hydrogen (secondary N) is 1. The maximum Gasteiger partial charge on any atom is 0.226 e. The van der Waals surface area contributed by atoms with E-state index in [-0.39, 0.29) is 23.6 Å². The summed E-state index contributed by atoms with van der Waals surface area (Å²) in [6.07, 6.45) is 18.1. The largest absolute Gasteiger partial charge is 0.496 e. The Morgan fingerprint density at radius 2 is 1.84 bits per heavy atom. The zero-order chi connectivity index (χ0) is 40.1. The van der Waals surface area contributed by atoms with Gasteiger partial charge in [-0.3, -0.25) is 19.1 Å². The maximum atomic E-state index is 12.2. The van der Waals surface area contributed by atoms with E-state index < -0.39 is 0 Å². The molecule has 1 aromatic carbocycles. The molecule has 9 nitrogen and oxygen atoms in total. The third kappa shape index (κ3) is 13.3. The van der Waals surface area contributed by atoms with Crippen LogP contribution in [0.3, 0.4) is 0 Å². The Bertz CT molecular complexity index is 1770. The number of unbranched alkanes of at least 4 members (excludes halogenated alkanes) is 3. The smallest absolute Gasteiger partial charge is 0.226 e. The monoisotopic (exact) mass is 792 g/mol. The number of benzene rings is 1. The number of methoxy groups -OCH3 is 2. The number of thiazole rings is 1.